The Kier molecular flexibility index (Phi) is 11.5. The maximum atomic E-state index is 13.9. The Morgan fingerprint density at radius 1 is 0.755 bits per heavy atom. The number of benzene rings is 2. The van der Waals surface area contributed by atoms with E-state index in [0.717, 1.165) is 12.1 Å². The summed E-state index contributed by atoms with van der Waals surface area (Å²) in [4.78, 5) is 13.9. The van der Waals surface area contributed by atoms with Crippen LogP contribution in [0.3, 0.4) is 0 Å². The highest BCUT2D eigenvalue weighted by molar-refractivity contribution is 5.88. The van der Waals surface area contributed by atoms with Crippen molar-refractivity contribution in [3.63, 3.8) is 0 Å². The minimum Gasteiger partial charge on any atom is -0.507 e. The van der Waals surface area contributed by atoms with Gasteiger partial charge in [0.2, 0.25) is 17.5 Å². The Labute approximate surface area is 277 Å². The number of aromatic hydroxyl groups is 2. The fourth-order valence-electron chi connectivity index (χ4n) is 5.35. The molecule has 18 nitrogen and oxygen atoms in total. The van der Waals surface area contributed by atoms with Crippen molar-refractivity contribution in [3.05, 3.63) is 40.6 Å². The minimum absolute atomic E-state index is 0.0183. The molecule has 49 heavy (non-hydrogen) atoms. The van der Waals surface area contributed by atoms with Gasteiger partial charge in [-0.15, -0.1) is 0 Å². The van der Waals surface area contributed by atoms with Gasteiger partial charge in [0.15, 0.2) is 23.5 Å². The molecule has 3 heterocycles. The van der Waals surface area contributed by atoms with E-state index in [4.69, 9.17) is 43.1 Å². The predicted molar refractivity (Wildman–Crippen MR) is 162 cm³/mol. The Morgan fingerprint density at radius 3 is 2.12 bits per heavy atom. The number of aliphatic hydroxyl groups is 8. The molecule has 3 aromatic rings. The first kappa shape index (κ1) is 36.5. The van der Waals surface area contributed by atoms with Crippen LogP contribution < -0.4 is 19.6 Å². The average molecular weight is 699 g/mol. The number of ether oxygens (including phenoxy) is 6. The molecule has 0 unspecified atom stereocenters. The summed E-state index contributed by atoms with van der Waals surface area (Å²) >= 11 is 0. The average Bonchev–Trinajstić information content (AvgIpc) is 3.08. The number of hydrogen-bond acceptors (Lipinski definition) is 18. The zero-order valence-corrected chi connectivity index (χ0v) is 25.9. The largest absolute Gasteiger partial charge is 0.507 e. The Morgan fingerprint density at radius 2 is 1.43 bits per heavy atom. The summed E-state index contributed by atoms with van der Waals surface area (Å²) < 4.78 is 38.9. The lowest BCUT2D eigenvalue weighted by Crippen LogP contribution is -2.61. The molecule has 0 spiro atoms. The molecule has 10 N–H and O–H groups in total. The van der Waals surface area contributed by atoms with Crippen molar-refractivity contribution in [1.82, 2.24) is 0 Å². The zero-order valence-electron chi connectivity index (χ0n) is 25.9. The van der Waals surface area contributed by atoms with E-state index >= 15 is 0 Å². The van der Waals surface area contributed by atoms with Gasteiger partial charge in [-0.3, -0.25) is 4.79 Å². The first-order valence-corrected chi connectivity index (χ1v) is 15.2. The van der Waals surface area contributed by atoms with Gasteiger partial charge < -0.3 is 83.9 Å². The fourth-order valence-corrected chi connectivity index (χ4v) is 5.35. The zero-order chi connectivity index (χ0) is 35.6. The highest BCUT2D eigenvalue weighted by Gasteiger charge is 2.48. The van der Waals surface area contributed by atoms with Gasteiger partial charge in [-0.25, -0.2) is 0 Å². The highest BCUT2D eigenvalue weighted by Crippen LogP contribution is 2.40. The van der Waals surface area contributed by atoms with Crippen LogP contribution in [0.15, 0.2) is 39.5 Å². The topological polar surface area (TPSA) is 288 Å². The van der Waals surface area contributed by atoms with E-state index in [1.807, 2.05) is 0 Å². The SMILES string of the molecule is C[C@H]1O[C@@H](OC[C@H]2O[C@@H](Oc3c(-c4ccc(OCCO)c(O)c4)oc4cc(OCCO)cc(O)c4c3=O)[C@H](O)[C@@H](O)[C@@H]2O)[C@@H](O)[C@@H](O)[C@@H]1O. The second-order valence-electron chi connectivity index (χ2n) is 11.4. The van der Waals surface area contributed by atoms with Gasteiger partial charge in [0.1, 0.15) is 78.4 Å². The van der Waals surface area contributed by atoms with E-state index < -0.39 is 96.1 Å². The normalized spacial score (nSPS) is 30.3. The van der Waals surface area contributed by atoms with Crippen molar-refractivity contribution in [2.45, 2.75) is 68.3 Å². The maximum Gasteiger partial charge on any atom is 0.239 e. The molecule has 18 heteroatoms. The van der Waals surface area contributed by atoms with Crippen molar-refractivity contribution in [2.75, 3.05) is 33.0 Å². The van der Waals surface area contributed by atoms with Crippen LogP contribution in [-0.2, 0) is 14.2 Å². The Balaban J connectivity index is 1.50. The summed E-state index contributed by atoms with van der Waals surface area (Å²) in [6.45, 7) is -0.144. The van der Waals surface area contributed by atoms with Crippen molar-refractivity contribution in [2.24, 2.45) is 0 Å². The smallest absolute Gasteiger partial charge is 0.239 e. The molecule has 0 radical (unpaired) electrons. The third kappa shape index (κ3) is 7.54. The summed E-state index contributed by atoms with van der Waals surface area (Å²) in [5.41, 5.74) is -1.18. The molecule has 0 amide bonds. The summed E-state index contributed by atoms with van der Waals surface area (Å²) in [7, 11) is 0. The van der Waals surface area contributed by atoms with Gasteiger partial charge >= 0.3 is 0 Å². The van der Waals surface area contributed by atoms with Gasteiger partial charge in [0, 0.05) is 17.7 Å². The van der Waals surface area contributed by atoms with Crippen molar-refractivity contribution < 1.29 is 83.9 Å². The molecular weight excluding hydrogens is 660 g/mol. The van der Waals surface area contributed by atoms with Gasteiger partial charge in [0.25, 0.3) is 0 Å². The molecule has 2 aliphatic rings. The van der Waals surface area contributed by atoms with Crippen LogP contribution >= 0.6 is 0 Å². The molecule has 5 rings (SSSR count). The maximum absolute atomic E-state index is 13.9. The first-order chi connectivity index (χ1) is 23.4. The standard InChI is InChI=1S/C31H38O18/c1-12-21(36)24(39)26(41)30(46-12)45-11-19-22(37)25(40)27(42)31(48-19)49-29-23(38)20-16(35)9-14(43-6-4-32)10-18(20)47-28(29)13-2-3-17(15(34)8-13)44-7-5-33/h2-3,8-10,12,19,21-22,24-27,30-37,39-42H,4-7,11H2,1H3/t12-,19-,21-,22-,24+,25+,26+,27-,30-,31+/m1/s1. The summed E-state index contributed by atoms with van der Waals surface area (Å²) in [5.74, 6) is -2.04. The molecule has 2 aromatic carbocycles. The van der Waals surface area contributed by atoms with Crippen molar-refractivity contribution in [1.29, 1.82) is 0 Å². The van der Waals surface area contributed by atoms with Crippen LogP contribution in [0.25, 0.3) is 22.3 Å². The molecule has 2 saturated heterocycles. The number of aliphatic hydroxyl groups excluding tert-OH is 8. The number of fused-ring (bicyclic) bond motifs is 1. The van der Waals surface area contributed by atoms with E-state index in [2.05, 4.69) is 0 Å². The molecule has 270 valence electrons. The summed E-state index contributed by atoms with van der Waals surface area (Å²) in [5, 5.41) is 102. The lowest BCUT2D eigenvalue weighted by Gasteiger charge is -2.42. The number of hydrogen-bond donors (Lipinski definition) is 10. The first-order valence-electron chi connectivity index (χ1n) is 15.2. The van der Waals surface area contributed by atoms with E-state index in [-0.39, 0.29) is 54.8 Å². The molecule has 0 saturated carbocycles. The number of rotatable bonds is 12. The molecule has 2 fully saturated rings. The van der Waals surface area contributed by atoms with E-state index in [1.54, 1.807) is 0 Å². The highest BCUT2D eigenvalue weighted by atomic mass is 16.7. The van der Waals surface area contributed by atoms with Crippen LogP contribution in [0.5, 0.6) is 28.7 Å². The molecular formula is C31H38O18. The van der Waals surface area contributed by atoms with Crippen LogP contribution in [0.4, 0.5) is 0 Å². The number of phenols is 2. The second kappa shape index (κ2) is 15.4. The van der Waals surface area contributed by atoms with E-state index in [9.17, 15) is 45.6 Å². The summed E-state index contributed by atoms with van der Waals surface area (Å²) in [6.07, 6.45) is -16.2. The van der Waals surface area contributed by atoms with Crippen LogP contribution in [0, 0.1) is 0 Å². The predicted octanol–water partition coefficient (Wildman–Crippen LogP) is -2.36. The molecule has 0 bridgehead atoms. The van der Waals surface area contributed by atoms with Crippen molar-refractivity contribution >= 4 is 11.0 Å². The lowest BCUT2D eigenvalue weighted by molar-refractivity contribution is -0.318. The van der Waals surface area contributed by atoms with Gasteiger partial charge in [-0.1, -0.05) is 0 Å². The lowest BCUT2D eigenvalue weighted by atomic mass is 9.98. The number of phenolic OH excluding ortho intramolecular Hbond substituents is 2. The van der Waals surface area contributed by atoms with Gasteiger partial charge in [0.05, 0.1) is 25.9 Å². The quantitative estimate of drug-likeness (QED) is 0.0947. The van der Waals surface area contributed by atoms with Crippen molar-refractivity contribution in [3.8, 4) is 40.1 Å². The fraction of sp³-hybridized carbons (Fsp3) is 0.516. The third-order valence-corrected chi connectivity index (χ3v) is 7.97. The summed E-state index contributed by atoms with van der Waals surface area (Å²) in [6, 6.07) is 6.17. The third-order valence-electron chi connectivity index (χ3n) is 7.97. The monoisotopic (exact) mass is 698 g/mol. The molecule has 1 aromatic heterocycles. The molecule has 0 aliphatic carbocycles. The minimum atomic E-state index is -1.98. The Bertz CT molecular complexity index is 1640. The second-order valence-corrected chi connectivity index (χ2v) is 11.4. The molecule has 10 atom stereocenters. The van der Waals surface area contributed by atoms with Gasteiger partial charge in [-0.05, 0) is 25.1 Å². The van der Waals surface area contributed by atoms with Gasteiger partial charge in [-0.2, -0.15) is 0 Å². The van der Waals surface area contributed by atoms with Crippen LogP contribution in [0.1, 0.15) is 6.92 Å². The van der Waals surface area contributed by atoms with E-state index in [0.29, 0.717) is 0 Å². The Hall–Kier alpha value is -3.79. The van der Waals surface area contributed by atoms with E-state index in [1.165, 1.54) is 25.1 Å². The van der Waals surface area contributed by atoms with Crippen LogP contribution in [0.2, 0.25) is 0 Å². The van der Waals surface area contributed by atoms with Crippen LogP contribution in [-0.4, -0.2) is 146 Å². The molecule has 2 aliphatic heterocycles.